The summed E-state index contributed by atoms with van der Waals surface area (Å²) in [4.78, 5) is 0. The van der Waals surface area contributed by atoms with Crippen LogP contribution in [0.2, 0.25) is 0 Å². The van der Waals surface area contributed by atoms with Crippen molar-refractivity contribution in [3.63, 3.8) is 0 Å². The molecule has 1 heteroatoms. The van der Waals surface area contributed by atoms with Crippen molar-refractivity contribution in [2.45, 2.75) is 67.9 Å². The smallest absolute Gasteiger partial charge is 0.0281 e. The van der Waals surface area contributed by atoms with Crippen molar-refractivity contribution in [1.82, 2.24) is 0 Å². The van der Waals surface area contributed by atoms with Crippen molar-refractivity contribution in [3.05, 3.63) is 72.4 Å². The topological polar surface area (TPSA) is 26.0 Å². The fourth-order valence-corrected chi connectivity index (χ4v) is 2.76. The summed E-state index contributed by atoms with van der Waals surface area (Å²) in [5.41, 5.74) is 8.26. The minimum Gasteiger partial charge on any atom is -0.322 e. The van der Waals surface area contributed by atoms with Crippen LogP contribution in [0.3, 0.4) is 0 Å². The van der Waals surface area contributed by atoms with Crippen molar-refractivity contribution in [3.8, 4) is 0 Å². The highest BCUT2D eigenvalue weighted by Crippen LogP contribution is 2.34. The fraction of sp³-hybridized carbons (Fsp3) is 0.538. The summed E-state index contributed by atoms with van der Waals surface area (Å²) in [5, 5.41) is 0. The second-order valence-corrected chi connectivity index (χ2v) is 10.6. The summed E-state index contributed by atoms with van der Waals surface area (Å²) < 4.78 is 0. The molecule has 27 heavy (non-hydrogen) atoms. The van der Waals surface area contributed by atoms with Crippen LogP contribution in [0.5, 0.6) is 0 Å². The van der Waals surface area contributed by atoms with Gasteiger partial charge in [0.25, 0.3) is 0 Å². The lowest BCUT2D eigenvalue weighted by Crippen LogP contribution is -2.29. The zero-order valence-electron chi connectivity index (χ0n) is 19.1. The van der Waals surface area contributed by atoms with Gasteiger partial charge >= 0.3 is 0 Å². The number of allylic oxidation sites excluding steroid dienone is 10. The summed E-state index contributed by atoms with van der Waals surface area (Å²) in [6.07, 6.45) is 20.2. The van der Waals surface area contributed by atoms with Gasteiger partial charge in [-0.1, -0.05) is 110 Å². The molecule has 0 radical (unpaired) electrons. The van der Waals surface area contributed by atoms with E-state index in [1.807, 2.05) is 13.8 Å². The predicted molar refractivity (Wildman–Crippen MR) is 123 cm³/mol. The molecule has 0 spiro atoms. The fourth-order valence-electron chi connectivity index (χ4n) is 2.76. The highest BCUT2D eigenvalue weighted by atomic mass is 14.7. The lowest BCUT2D eigenvalue weighted by Gasteiger charge is -2.27. The molecule has 0 bridgehead atoms. The summed E-state index contributed by atoms with van der Waals surface area (Å²) in [6, 6.07) is 0. The summed E-state index contributed by atoms with van der Waals surface area (Å²) in [6.45, 7) is 24.0. The molecule has 0 aliphatic heterocycles. The van der Waals surface area contributed by atoms with E-state index in [1.165, 1.54) is 5.57 Å². The van der Waals surface area contributed by atoms with Crippen molar-refractivity contribution < 1.29 is 0 Å². The van der Waals surface area contributed by atoms with E-state index in [-0.39, 0.29) is 27.7 Å². The van der Waals surface area contributed by atoms with Gasteiger partial charge in [-0.05, 0) is 25.0 Å². The average Bonchev–Trinajstić information content (AvgIpc) is 2.51. The van der Waals surface area contributed by atoms with Crippen LogP contribution >= 0.6 is 0 Å². The first-order valence-electron chi connectivity index (χ1n) is 10.0. The third-order valence-corrected chi connectivity index (χ3v) is 4.91. The van der Waals surface area contributed by atoms with Crippen LogP contribution in [0.1, 0.15) is 62.3 Å². The Labute approximate surface area is 168 Å². The molecular formula is C26H41N. The molecule has 1 nitrogen and oxygen atoms in total. The predicted octanol–water partition coefficient (Wildman–Crippen LogP) is 7.16. The summed E-state index contributed by atoms with van der Waals surface area (Å²) >= 11 is 0. The van der Waals surface area contributed by atoms with Crippen molar-refractivity contribution in [1.29, 1.82) is 0 Å². The van der Waals surface area contributed by atoms with E-state index in [2.05, 4.69) is 110 Å². The maximum atomic E-state index is 6.07. The van der Waals surface area contributed by atoms with Gasteiger partial charge in [0.05, 0.1) is 0 Å². The Balaban J connectivity index is 3.04. The van der Waals surface area contributed by atoms with Crippen LogP contribution in [0.4, 0.5) is 0 Å². The molecule has 1 unspecified atom stereocenters. The lowest BCUT2D eigenvalue weighted by atomic mass is 9.78. The van der Waals surface area contributed by atoms with Gasteiger partial charge < -0.3 is 5.73 Å². The molecule has 0 saturated heterocycles. The van der Waals surface area contributed by atoms with Gasteiger partial charge in [0.2, 0.25) is 0 Å². The SMILES string of the molecule is C=C(/C=C\C(C)(C)/C=C\C(C)(C)N)C(C)C1=C/C(C)(C)/C=C\C(C)(C)/C=C\1. The Morgan fingerprint density at radius 2 is 1.52 bits per heavy atom. The second kappa shape index (κ2) is 8.19. The molecule has 0 amide bonds. The van der Waals surface area contributed by atoms with Crippen LogP contribution in [-0.4, -0.2) is 5.54 Å². The van der Waals surface area contributed by atoms with E-state index in [4.69, 9.17) is 5.73 Å². The highest BCUT2D eigenvalue weighted by molar-refractivity contribution is 5.38. The summed E-state index contributed by atoms with van der Waals surface area (Å²) in [5.74, 6) is 0.268. The first kappa shape index (κ1) is 23.4. The molecule has 2 N–H and O–H groups in total. The minimum atomic E-state index is -0.296. The Kier molecular flexibility index (Phi) is 7.11. The lowest BCUT2D eigenvalue weighted by molar-refractivity contribution is 0.566. The average molecular weight is 368 g/mol. The molecule has 0 fully saturated rings. The molecule has 0 aromatic heterocycles. The van der Waals surface area contributed by atoms with E-state index in [0.717, 1.165) is 5.57 Å². The van der Waals surface area contributed by atoms with Gasteiger partial charge in [-0.3, -0.25) is 0 Å². The van der Waals surface area contributed by atoms with Gasteiger partial charge in [-0.15, -0.1) is 0 Å². The molecule has 0 saturated carbocycles. The molecule has 0 aromatic carbocycles. The molecule has 1 aliphatic carbocycles. The quantitative estimate of drug-likeness (QED) is 0.391. The van der Waals surface area contributed by atoms with E-state index in [9.17, 15) is 0 Å². The van der Waals surface area contributed by atoms with Crippen molar-refractivity contribution in [2.24, 2.45) is 27.9 Å². The Morgan fingerprint density at radius 3 is 2.07 bits per heavy atom. The third kappa shape index (κ3) is 8.75. The van der Waals surface area contributed by atoms with E-state index < -0.39 is 0 Å². The molecule has 1 rings (SSSR count). The molecule has 0 heterocycles. The highest BCUT2D eigenvalue weighted by Gasteiger charge is 2.21. The molecule has 1 atom stereocenters. The second-order valence-electron chi connectivity index (χ2n) is 10.6. The molecule has 150 valence electrons. The number of hydrogen-bond donors (Lipinski definition) is 1. The van der Waals surface area contributed by atoms with Crippen LogP contribution in [0.15, 0.2) is 72.4 Å². The Bertz CT molecular complexity index is 682. The maximum absolute atomic E-state index is 6.07. The first-order valence-corrected chi connectivity index (χ1v) is 10.0. The van der Waals surface area contributed by atoms with Crippen LogP contribution in [0.25, 0.3) is 0 Å². The van der Waals surface area contributed by atoms with Crippen LogP contribution in [-0.2, 0) is 0 Å². The van der Waals surface area contributed by atoms with Gasteiger partial charge in [0.15, 0.2) is 0 Å². The monoisotopic (exact) mass is 367 g/mol. The van der Waals surface area contributed by atoms with E-state index in [0.29, 0.717) is 0 Å². The number of hydrogen-bond acceptors (Lipinski definition) is 1. The Morgan fingerprint density at radius 1 is 0.963 bits per heavy atom. The molecule has 0 aromatic rings. The van der Waals surface area contributed by atoms with Crippen LogP contribution < -0.4 is 5.73 Å². The number of nitrogens with two attached hydrogens (primary N) is 1. The van der Waals surface area contributed by atoms with Gasteiger partial charge in [-0.25, -0.2) is 0 Å². The van der Waals surface area contributed by atoms with E-state index >= 15 is 0 Å². The zero-order valence-corrected chi connectivity index (χ0v) is 19.1. The van der Waals surface area contributed by atoms with Crippen LogP contribution in [0, 0.1) is 22.2 Å². The largest absolute Gasteiger partial charge is 0.322 e. The normalized spacial score (nSPS) is 25.5. The minimum absolute atomic E-state index is 0.0321. The third-order valence-electron chi connectivity index (χ3n) is 4.91. The van der Waals surface area contributed by atoms with Gasteiger partial charge in [0, 0.05) is 27.7 Å². The van der Waals surface area contributed by atoms with E-state index in [1.54, 1.807) is 0 Å². The van der Waals surface area contributed by atoms with Crippen molar-refractivity contribution in [2.75, 3.05) is 0 Å². The van der Waals surface area contributed by atoms with Gasteiger partial charge in [-0.2, -0.15) is 0 Å². The maximum Gasteiger partial charge on any atom is 0.0281 e. The number of rotatable bonds is 6. The molecular weight excluding hydrogens is 326 g/mol. The van der Waals surface area contributed by atoms with Gasteiger partial charge in [0.1, 0.15) is 0 Å². The standard InChI is InChI=1S/C26H41N/c1-20(11-13-23(3,4)17-18-26(9,10)27)21(2)22-12-14-24(5,6)15-16-25(7,8)19-22/h11-19,21H,1,27H2,2-10H3/b13-11-,14-12-,16-15-,18-17-,22-19+. The first-order chi connectivity index (χ1) is 12.0. The Hall–Kier alpha value is -1.60. The molecule has 1 aliphatic rings. The van der Waals surface area contributed by atoms with Crippen molar-refractivity contribution >= 4 is 0 Å². The zero-order chi connectivity index (χ0) is 21.1. The summed E-state index contributed by atoms with van der Waals surface area (Å²) in [7, 11) is 0.